The SMILES string of the molecule is CCOC(=O)c1c(NC(=O)CC)sc(C(N)=O)c1C. The first-order chi connectivity index (χ1) is 8.92. The zero-order valence-corrected chi connectivity index (χ0v) is 11.8. The number of anilines is 1. The third-order valence-corrected chi connectivity index (χ3v) is 3.65. The third kappa shape index (κ3) is 3.31. The number of hydrogen-bond acceptors (Lipinski definition) is 5. The average Bonchev–Trinajstić information content (AvgIpc) is 2.66. The molecule has 0 unspecified atom stereocenters. The Kier molecular flexibility index (Phi) is 5.05. The Balaban J connectivity index is 3.26. The van der Waals surface area contributed by atoms with Crippen LogP contribution in [0.5, 0.6) is 0 Å². The van der Waals surface area contributed by atoms with Gasteiger partial charge in [0.2, 0.25) is 5.91 Å². The van der Waals surface area contributed by atoms with Crippen LogP contribution in [0.4, 0.5) is 5.00 Å². The number of esters is 1. The summed E-state index contributed by atoms with van der Waals surface area (Å²) in [5, 5.41) is 2.89. The van der Waals surface area contributed by atoms with Gasteiger partial charge in [-0.1, -0.05) is 6.92 Å². The largest absolute Gasteiger partial charge is 0.462 e. The van der Waals surface area contributed by atoms with Crippen LogP contribution in [0.1, 0.15) is 45.9 Å². The molecule has 0 spiro atoms. The Hall–Kier alpha value is -1.89. The fourth-order valence-electron chi connectivity index (χ4n) is 1.50. The molecule has 2 amide bonds. The van der Waals surface area contributed by atoms with Crippen molar-refractivity contribution in [2.24, 2.45) is 5.73 Å². The minimum Gasteiger partial charge on any atom is -0.462 e. The Morgan fingerprint density at radius 3 is 2.42 bits per heavy atom. The lowest BCUT2D eigenvalue weighted by atomic mass is 10.1. The predicted molar refractivity (Wildman–Crippen MR) is 72.5 cm³/mol. The molecule has 0 saturated heterocycles. The maximum atomic E-state index is 11.9. The summed E-state index contributed by atoms with van der Waals surface area (Å²) >= 11 is 0.985. The zero-order chi connectivity index (χ0) is 14.6. The second-order valence-corrected chi connectivity index (χ2v) is 4.77. The fourth-order valence-corrected chi connectivity index (χ4v) is 2.56. The van der Waals surface area contributed by atoms with E-state index in [-0.39, 0.29) is 29.4 Å². The maximum Gasteiger partial charge on any atom is 0.341 e. The van der Waals surface area contributed by atoms with Crippen LogP contribution in [0.3, 0.4) is 0 Å². The second kappa shape index (κ2) is 6.33. The van der Waals surface area contributed by atoms with Crippen molar-refractivity contribution in [3.63, 3.8) is 0 Å². The van der Waals surface area contributed by atoms with E-state index in [1.54, 1.807) is 20.8 Å². The van der Waals surface area contributed by atoms with Crippen LogP contribution < -0.4 is 11.1 Å². The first-order valence-corrected chi connectivity index (χ1v) is 6.64. The Bertz CT molecular complexity index is 522. The normalized spacial score (nSPS) is 10.1. The molecule has 0 radical (unpaired) electrons. The number of ether oxygens (including phenoxy) is 1. The topological polar surface area (TPSA) is 98.5 Å². The van der Waals surface area contributed by atoms with Gasteiger partial charge < -0.3 is 15.8 Å². The van der Waals surface area contributed by atoms with E-state index >= 15 is 0 Å². The molecule has 1 aromatic heterocycles. The Morgan fingerprint density at radius 1 is 1.32 bits per heavy atom. The van der Waals surface area contributed by atoms with Crippen molar-refractivity contribution >= 4 is 34.1 Å². The van der Waals surface area contributed by atoms with Gasteiger partial charge >= 0.3 is 5.97 Å². The molecule has 0 aromatic carbocycles. The lowest BCUT2D eigenvalue weighted by Crippen LogP contribution is -2.14. The average molecular weight is 284 g/mol. The van der Waals surface area contributed by atoms with E-state index in [1.807, 2.05) is 0 Å². The van der Waals surface area contributed by atoms with E-state index in [1.165, 1.54) is 0 Å². The van der Waals surface area contributed by atoms with Crippen LogP contribution >= 0.6 is 11.3 Å². The molecule has 6 nitrogen and oxygen atoms in total. The van der Waals surface area contributed by atoms with Crippen molar-refractivity contribution in [1.82, 2.24) is 0 Å². The highest BCUT2D eigenvalue weighted by Gasteiger charge is 2.25. The molecule has 0 bridgehead atoms. The summed E-state index contributed by atoms with van der Waals surface area (Å²) in [5.74, 6) is -1.46. The first-order valence-electron chi connectivity index (χ1n) is 5.82. The number of thiophene rings is 1. The predicted octanol–water partition coefficient (Wildman–Crippen LogP) is 1.68. The number of amides is 2. The number of carbonyl (C=O) groups excluding carboxylic acids is 3. The monoisotopic (exact) mass is 284 g/mol. The molecule has 0 aliphatic carbocycles. The van der Waals surface area contributed by atoms with E-state index in [0.717, 1.165) is 11.3 Å². The van der Waals surface area contributed by atoms with Gasteiger partial charge in [-0.25, -0.2) is 4.79 Å². The molecule has 0 aliphatic rings. The molecule has 1 aromatic rings. The molecule has 104 valence electrons. The third-order valence-electron chi connectivity index (χ3n) is 2.42. The van der Waals surface area contributed by atoms with Gasteiger partial charge in [0, 0.05) is 6.42 Å². The van der Waals surface area contributed by atoms with Gasteiger partial charge in [-0.15, -0.1) is 11.3 Å². The molecule has 19 heavy (non-hydrogen) atoms. The van der Waals surface area contributed by atoms with Crippen molar-refractivity contribution in [3.05, 3.63) is 16.0 Å². The second-order valence-electron chi connectivity index (χ2n) is 3.75. The van der Waals surface area contributed by atoms with Gasteiger partial charge in [-0.3, -0.25) is 9.59 Å². The molecule has 7 heteroatoms. The minimum absolute atomic E-state index is 0.197. The zero-order valence-electron chi connectivity index (χ0n) is 11.0. The van der Waals surface area contributed by atoms with Gasteiger partial charge in [0.25, 0.3) is 5.91 Å². The fraction of sp³-hybridized carbons (Fsp3) is 0.417. The molecule has 0 fully saturated rings. The van der Waals surface area contributed by atoms with Gasteiger partial charge in [0.1, 0.15) is 5.00 Å². The van der Waals surface area contributed by atoms with Gasteiger partial charge in [0.15, 0.2) is 0 Å². The molecule has 0 aliphatic heterocycles. The van der Waals surface area contributed by atoms with Crippen LogP contribution in [0, 0.1) is 6.92 Å². The number of primary amides is 1. The Labute approximate surface area is 114 Å². The van der Waals surface area contributed by atoms with E-state index in [4.69, 9.17) is 10.5 Å². The summed E-state index contributed by atoms with van der Waals surface area (Å²) in [4.78, 5) is 34.8. The smallest absolute Gasteiger partial charge is 0.341 e. The van der Waals surface area contributed by atoms with Crippen LogP contribution in [0.25, 0.3) is 0 Å². The Morgan fingerprint density at radius 2 is 1.95 bits per heavy atom. The van der Waals surface area contributed by atoms with Crippen LogP contribution in [0.15, 0.2) is 0 Å². The van der Waals surface area contributed by atoms with Crippen LogP contribution in [0.2, 0.25) is 0 Å². The van der Waals surface area contributed by atoms with Gasteiger partial charge in [0.05, 0.1) is 17.0 Å². The van der Waals surface area contributed by atoms with E-state index in [2.05, 4.69) is 5.32 Å². The van der Waals surface area contributed by atoms with Crippen molar-refractivity contribution in [2.45, 2.75) is 27.2 Å². The van der Waals surface area contributed by atoms with Crippen LogP contribution in [-0.2, 0) is 9.53 Å². The van der Waals surface area contributed by atoms with Crippen molar-refractivity contribution < 1.29 is 19.1 Å². The molecule has 1 rings (SSSR count). The number of hydrogen-bond donors (Lipinski definition) is 2. The van der Waals surface area contributed by atoms with Crippen molar-refractivity contribution in [3.8, 4) is 0 Å². The highest BCUT2D eigenvalue weighted by molar-refractivity contribution is 7.18. The standard InChI is InChI=1S/C12H16N2O4S/c1-4-7(15)14-11-8(12(17)18-5-2)6(3)9(19-11)10(13)16/h4-5H2,1-3H3,(H2,13,16)(H,14,15). The lowest BCUT2D eigenvalue weighted by molar-refractivity contribution is -0.115. The molecule has 1 heterocycles. The van der Waals surface area contributed by atoms with Crippen molar-refractivity contribution in [2.75, 3.05) is 11.9 Å². The number of rotatable bonds is 5. The van der Waals surface area contributed by atoms with Crippen molar-refractivity contribution in [1.29, 1.82) is 0 Å². The quantitative estimate of drug-likeness (QED) is 0.803. The summed E-state index contributed by atoms with van der Waals surface area (Å²) in [6.45, 7) is 5.18. The summed E-state index contributed by atoms with van der Waals surface area (Å²) in [5.41, 5.74) is 5.87. The molecular formula is C12H16N2O4S. The van der Waals surface area contributed by atoms with Crippen LogP contribution in [-0.4, -0.2) is 24.4 Å². The molecule has 0 atom stereocenters. The first kappa shape index (κ1) is 15.2. The number of nitrogens with two attached hydrogens (primary N) is 1. The highest BCUT2D eigenvalue weighted by Crippen LogP contribution is 2.33. The summed E-state index contributed by atoms with van der Waals surface area (Å²) < 4.78 is 4.92. The summed E-state index contributed by atoms with van der Waals surface area (Å²) in [6, 6.07) is 0. The molecule has 3 N–H and O–H groups in total. The van der Waals surface area contributed by atoms with Gasteiger partial charge in [-0.05, 0) is 19.4 Å². The maximum absolute atomic E-state index is 11.9. The lowest BCUT2D eigenvalue weighted by Gasteiger charge is -2.05. The van der Waals surface area contributed by atoms with E-state index < -0.39 is 11.9 Å². The number of nitrogens with one attached hydrogen (secondary N) is 1. The summed E-state index contributed by atoms with van der Waals surface area (Å²) in [7, 11) is 0. The van der Waals surface area contributed by atoms with Gasteiger partial charge in [-0.2, -0.15) is 0 Å². The minimum atomic E-state index is -0.634. The van der Waals surface area contributed by atoms with E-state index in [0.29, 0.717) is 10.6 Å². The number of carbonyl (C=O) groups is 3. The summed E-state index contributed by atoms with van der Waals surface area (Å²) in [6.07, 6.45) is 0.269. The molecule has 0 saturated carbocycles. The van der Waals surface area contributed by atoms with E-state index in [9.17, 15) is 14.4 Å². The molecular weight excluding hydrogens is 268 g/mol. The highest BCUT2D eigenvalue weighted by atomic mass is 32.1.